The summed E-state index contributed by atoms with van der Waals surface area (Å²) < 4.78 is 7.41. The summed E-state index contributed by atoms with van der Waals surface area (Å²) in [6.07, 6.45) is 3.79. The molecule has 0 radical (unpaired) electrons. The molecule has 2 aromatic rings. The average molecular weight is 346 g/mol. The summed E-state index contributed by atoms with van der Waals surface area (Å²) >= 11 is 6.70. The Balaban J connectivity index is 1.55. The van der Waals surface area contributed by atoms with Crippen LogP contribution in [0.1, 0.15) is 30.5 Å². The SMILES string of the molecule is Cc1nn(-c2ccccc2)c(Cl)c1CN(C[C@H]1CCOC1)C1CC1. The average Bonchev–Trinajstić information content (AvgIpc) is 3.25. The van der Waals surface area contributed by atoms with Gasteiger partial charge in [0.2, 0.25) is 0 Å². The quantitative estimate of drug-likeness (QED) is 0.797. The van der Waals surface area contributed by atoms with Gasteiger partial charge >= 0.3 is 0 Å². The molecule has 4 nitrogen and oxygen atoms in total. The molecule has 0 unspecified atom stereocenters. The van der Waals surface area contributed by atoms with Crippen molar-refractivity contribution >= 4 is 11.6 Å². The lowest BCUT2D eigenvalue weighted by molar-refractivity contribution is 0.161. The van der Waals surface area contributed by atoms with E-state index in [0.29, 0.717) is 12.0 Å². The van der Waals surface area contributed by atoms with Gasteiger partial charge in [-0.15, -0.1) is 0 Å². The highest BCUT2D eigenvalue weighted by atomic mass is 35.5. The van der Waals surface area contributed by atoms with Crippen molar-refractivity contribution in [2.45, 2.75) is 38.8 Å². The Bertz CT molecular complexity index is 690. The Morgan fingerprint density at radius 2 is 2.04 bits per heavy atom. The smallest absolute Gasteiger partial charge is 0.137 e. The number of hydrogen-bond donors (Lipinski definition) is 0. The van der Waals surface area contributed by atoms with Crippen LogP contribution in [0.25, 0.3) is 5.69 Å². The lowest BCUT2D eigenvalue weighted by atomic mass is 10.1. The maximum atomic E-state index is 6.70. The number of para-hydroxylation sites is 1. The third-order valence-corrected chi connectivity index (χ3v) is 5.45. The molecule has 1 saturated heterocycles. The van der Waals surface area contributed by atoms with Crippen molar-refractivity contribution in [3.05, 3.63) is 46.7 Å². The van der Waals surface area contributed by atoms with Crippen LogP contribution in [0.4, 0.5) is 0 Å². The van der Waals surface area contributed by atoms with Gasteiger partial charge < -0.3 is 4.74 Å². The molecule has 1 aliphatic carbocycles. The number of aryl methyl sites for hydroxylation is 1. The molecule has 1 aromatic heterocycles. The van der Waals surface area contributed by atoms with Gasteiger partial charge in [0, 0.05) is 31.3 Å². The molecular weight excluding hydrogens is 322 g/mol. The number of nitrogens with zero attached hydrogens (tertiary/aromatic N) is 3. The monoisotopic (exact) mass is 345 g/mol. The van der Waals surface area contributed by atoms with Gasteiger partial charge in [-0.2, -0.15) is 5.10 Å². The molecule has 0 N–H and O–H groups in total. The van der Waals surface area contributed by atoms with Gasteiger partial charge in [0.25, 0.3) is 0 Å². The lowest BCUT2D eigenvalue weighted by Crippen LogP contribution is -2.31. The predicted molar refractivity (Wildman–Crippen MR) is 95.7 cm³/mol. The molecule has 24 heavy (non-hydrogen) atoms. The minimum atomic E-state index is 0.661. The second kappa shape index (κ2) is 6.87. The van der Waals surface area contributed by atoms with Gasteiger partial charge in [0.05, 0.1) is 18.0 Å². The van der Waals surface area contributed by atoms with Gasteiger partial charge in [0.15, 0.2) is 0 Å². The van der Waals surface area contributed by atoms with E-state index >= 15 is 0 Å². The van der Waals surface area contributed by atoms with Gasteiger partial charge in [-0.3, -0.25) is 4.90 Å². The molecule has 2 heterocycles. The van der Waals surface area contributed by atoms with Crippen LogP contribution in [0, 0.1) is 12.8 Å². The Morgan fingerprint density at radius 3 is 2.71 bits per heavy atom. The highest BCUT2D eigenvalue weighted by molar-refractivity contribution is 6.30. The standard InChI is InChI=1S/C19H24ClN3O/c1-14-18(19(20)23(21-14)17-5-3-2-4-6-17)12-22(16-7-8-16)11-15-9-10-24-13-15/h2-6,15-16H,7-13H2,1H3/t15-/m1/s1. The highest BCUT2D eigenvalue weighted by Crippen LogP contribution is 2.33. The molecule has 128 valence electrons. The van der Waals surface area contributed by atoms with E-state index in [4.69, 9.17) is 16.3 Å². The summed E-state index contributed by atoms with van der Waals surface area (Å²) in [5, 5.41) is 5.42. The molecule has 5 heteroatoms. The summed E-state index contributed by atoms with van der Waals surface area (Å²) in [5.74, 6) is 0.661. The maximum Gasteiger partial charge on any atom is 0.137 e. The summed E-state index contributed by atoms with van der Waals surface area (Å²) in [4.78, 5) is 2.59. The van der Waals surface area contributed by atoms with Gasteiger partial charge in [0.1, 0.15) is 5.15 Å². The van der Waals surface area contributed by atoms with Crippen LogP contribution in [-0.4, -0.2) is 40.5 Å². The molecule has 1 atom stereocenters. The summed E-state index contributed by atoms with van der Waals surface area (Å²) in [6.45, 7) is 5.87. The topological polar surface area (TPSA) is 30.3 Å². The van der Waals surface area contributed by atoms with Crippen molar-refractivity contribution in [2.75, 3.05) is 19.8 Å². The first kappa shape index (κ1) is 16.1. The van der Waals surface area contributed by atoms with Crippen LogP contribution in [0.15, 0.2) is 30.3 Å². The molecular formula is C19H24ClN3O. The van der Waals surface area contributed by atoms with Crippen LogP contribution in [0.5, 0.6) is 0 Å². The zero-order chi connectivity index (χ0) is 16.5. The summed E-state index contributed by atoms with van der Waals surface area (Å²) in [7, 11) is 0. The van der Waals surface area contributed by atoms with Crippen molar-refractivity contribution < 1.29 is 4.74 Å². The van der Waals surface area contributed by atoms with Gasteiger partial charge in [-0.1, -0.05) is 29.8 Å². The first-order valence-electron chi connectivity index (χ1n) is 8.83. The van der Waals surface area contributed by atoms with Crippen molar-refractivity contribution in [3.8, 4) is 5.69 Å². The van der Waals surface area contributed by atoms with E-state index in [2.05, 4.69) is 16.9 Å². The zero-order valence-corrected chi connectivity index (χ0v) is 14.9. The summed E-state index contributed by atoms with van der Waals surface area (Å²) in [6, 6.07) is 10.8. The number of aromatic nitrogens is 2. The fourth-order valence-electron chi connectivity index (χ4n) is 3.50. The number of ether oxygens (including phenoxy) is 1. The fourth-order valence-corrected chi connectivity index (χ4v) is 3.83. The van der Waals surface area contributed by atoms with Crippen LogP contribution < -0.4 is 0 Å². The molecule has 4 rings (SSSR count). The molecule has 2 aliphatic rings. The molecule has 1 aromatic carbocycles. The van der Waals surface area contributed by atoms with Gasteiger partial charge in [-0.25, -0.2) is 4.68 Å². The molecule has 1 saturated carbocycles. The minimum absolute atomic E-state index is 0.661. The van der Waals surface area contributed by atoms with Crippen molar-refractivity contribution in [1.82, 2.24) is 14.7 Å². The lowest BCUT2D eigenvalue weighted by Gasteiger charge is -2.24. The first-order chi connectivity index (χ1) is 11.7. The van der Waals surface area contributed by atoms with E-state index in [1.165, 1.54) is 19.3 Å². The van der Waals surface area contributed by atoms with Crippen molar-refractivity contribution in [1.29, 1.82) is 0 Å². The number of rotatable bonds is 6. The highest BCUT2D eigenvalue weighted by Gasteiger charge is 2.33. The van der Waals surface area contributed by atoms with Crippen LogP contribution in [0.3, 0.4) is 0 Å². The maximum absolute atomic E-state index is 6.70. The second-order valence-electron chi connectivity index (χ2n) is 6.99. The normalized spacial score (nSPS) is 20.9. The van der Waals surface area contributed by atoms with Crippen LogP contribution in [-0.2, 0) is 11.3 Å². The van der Waals surface area contributed by atoms with E-state index in [9.17, 15) is 0 Å². The van der Waals surface area contributed by atoms with E-state index in [-0.39, 0.29) is 0 Å². The Morgan fingerprint density at radius 1 is 1.25 bits per heavy atom. The van der Waals surface area contributed by atoms with E-state index in [1.54, 1.807) is 0 Å². The largest absolute Gasteiger partial charge is 0.381 e. The molecule has 1 aliphatic heterocycles. The van der Waals surface area contributed by atoms with Gasteiger partial charge in [-0.05, 0) is 44.2 Å². The minimum Gasteiger partial charge on any atom is -0.381 e. The summed E-state index contributed by atoms with van der Waals surface area (Å²) in [5.41, 5.74) is 3.20. The predicted octanol–water partition coefficient (Wildman–Crippen LogP) is 3.84. The van der Waals surface area contributed by atoms with E-state index in [0.717, 1.165) is 48.4 Å². The van der Waals surface area contributed by atoms with Crippen LogP contribution >= 0.6 is 11.6 Å². The number of benzene rings is 1. The van der Waals surface area contributed by atoms with Crippen molar-refractivity contribution in [3.63, 3.8) is 0 Å². The van der Waals surface area contributed by atoms with E-state index in [1.807, 2.05) is 35.0 Å². The third-order valence-electron chi connectivity index (χ3n) is 5.06. The Labute approximate surface area is 148 Å². The first-order valence-corrected chi connectivity index (χ1v) is 9.21. The Kier molecular flexibility index (Phi) is 4.61. The molecule has 0 bridgehead atoms. The number of hydrogen-bond acceptors (Lipinski definition) is 3. The molecule has 2 fully saturated rings. The molecule has 0 amide bonds. The Hall–Kier alpha value is -1.36. The molecule has 0 spiro atoms. The third kappa shape index (κ3) is 3.37. The number of halogens is 1. The second-order valence-corrected chi connectivity index (χ2v) is 7.35. The van der Waals surface area contributed by atoms with Crippen LogP contribution in [0.2, 0.25) is 5.15 Å². The van der Waals surface area contributed by atoms with Crippen molar-refractivity contribution in [2.24, 2.45) is 5.92 Å². The zero-order valence-electron chi connectivity index (χ0n) is 14.1. The van der Waals surface area contributed by atoms with E-state index < -0.39 is 0 Å². The fraction of sp³-hybridized carbons (Fsp3) is 0.526.